The van der Waals surface area contributed by atoms with E-state index in [2.05, 4.69) is 81.5 Å². The highest BCUT2D eigenvalue weighted by Crippen LogP contribution is 2.16. The van der Waals surface area contributed by atoms with E-state index in [4.69, 9.17) is 14.2 Å². The van der Waals surface area contributed by atoms with Crippen LogP contribution in [0.1, 0.15) is 265 Å². The van der Waals surface area contributed by atoms with Crippen LogP contribution in [0, 0.1) is 0 Å². The molecule has 0 aliphatic carbocycles. The smallest absolute Gasteiger partial charge is 0.306 e. The van der Waals surface area contributed by atoms with Gasteiger partial charge in [-0.15, -0.1) is 0 Å². The average molecular weight is 881 g/mol. The highest BCUT2D eigenvalue weighted by atomic mass is 16.6. The van der Waals surface area contributed by atoms with Crippen molar-refractivity contribution in [2.45, 2.75) is 271 Å². The van der Waals surface area contributed by atoms with Gasteiger partial charge in [-0.05, 0) is 77.0 Å². The maximum absolute atomic E-state index is 12.8. The van der Waals surface area contributed by atoms with Crippen LogP contribution in [0.4, 0.5) is 0 Å². The first-order valence-corrected chi connectivity index (χ1v) is 26.8. The molecule has 6 nitrogen and oxygen atoms in total. The van der Waals surface area contributed by atoms with E-state index < -0.39 is 6.10 Å². The summed E-state index contributed by atoms with van der Waals surface area (Å²) < 4.78 is 16.8. The molecule has 364 valence electrons. The molecule has 0 fully saturated rings. The zero-order chi connectivity index (χ0) is 45.8. The van der Waals surface area contributed by atoms with Crippen molar-refractivity contribution in [2.24, 2.45) is 0 Å². The number of ether oxygens (including phenoxy) is 3. The molecule has 0 N–H and O–H groups in total. The fourth-order valence-corrected chi connectivity index (χ4v) is 7.55. The molecular formula is C57H100O6. The van der Waals surface area contributed by atoms with Gasteiger partial charge in [0.25, 0.3) is 0 Å². The number of hydrogen-bond donors (Lipinski definition) is 0. The Hall–Kier alpha value is -2.89. The highest BCUT2D eigenvalue weighted by Gasteiger charge is 2.19. The van der Waals surface area contributed by atoms with Crippen molar-refractivity contribution in [1.29, 1.82) is 0 Å². The van der Waals surface area contributed by atoms with Crippen molar-refractivity contribution in [1.82, 2.24) is 0 Å². The molecule has 0 aromatic heterocycles. The van der Waals surface area contributed by atoms with E-state index in [1.54, 1.807) is 0 Å². The van der Waals surface area contributed by atoms with E-state index in [9.17, 15) is 14.4 Å². The van der Waals surface area contributed by atoms with Gasteiger partial charge in [-0.3, -0.25) is 14.4 Å². The molecule has 0 radical (unpaired) electrons. The van der Waals surface area contributed by atoms with Crippen LogP contribution in [0.2, 0.25) is 0 Å². The van der Waals surface area contributed by atoms with Crippen LogP contribution < -0.4 is 0 Å². The Morgan fingerprint density at radius 2 is 0.619 bits per heavy atom. The molecule has 6 heteroatoms. The predicted octanol–water partition coefficient (Wildman–Crippen LogP) is 17.6. The van der Waals surface area contributed by atoms with Crippen LogP contribution in [0.5, 0.6) is 0 Å². The fourth-order valence-electron chi connectivity index (χ4n) is 7.55. The van der Waals surface area contributed by atoms with Crippen molar-refractivity contribution in [3.8, 4) is 0 Å². The van der Waals surface area contributed by atoms with E-state index >= 15 is 0 Å². The zero-order valence-corrected chi connectivity index (χ0v) is 41.6. The molecule has 0 aromatic rings. The summed E-state index contributed by atoms with van der Waals surface area (Å²) in [7, 11) is 0. The lowest BCUT2D eigenvalue weighted by Crippen LogP contribution is -2.30. The minimum atomic E-state index is -0.780. The zero-order valence-electron chi connectivity index (χ0n) is 41.6. The normalized spacial score (nSPS) is 12.5. The van der Waals surface area contributed by atoms with Crippen LogP contribution in [-0.4, -0.2) is 37.2 Å². The second-order valence-corrected chi connectivity index (χ2v) is 17.7. The molecule has 0 aliphatic rings. The van der Waals surface area contributed by atoms with Crippen LogP contribution in [0.15, 0.2) is 60.8 Å². The number of carbonyl (C=O) groups is 3. The number of rotatable bonds is 48. The minimum Gasteiger partial charge on any atom is -0.462 e. The van der Waals surface area contributed by atoms with Gasteiger partial charge in [-0.2, -0.15) is 0 Å². The molecule has 0 heterocycles. The molecule has 0 rings (SSSR count). The fraction of sp³-hybridized carbons (Fsp3) is 0.772. The molecule has 0 bridgehead atoms. The van der Waals surface area contributed by atoms with Crippen LogP contribution >= 0.6 is 0 Å². The lowest BCUT2D eigenvalue weighted by atomic mass is 10.0. The molecule has 0 aromatic carbocycles. The minimum absolute atomic E-state index is 0.0808. The van der Waals surface area contributed by atoms with Crippen LogP contribution in [0.25, 0.3) is 0 Å². The molecule has 1 atom stereocenters. The van der Waals surface area contributed by atoms with Crippen molar-refractivity contribution >= 4 is 17.9 Å². The van der Waals surface area contributed by atoms with Gasteiger partial charge in [-0.1, -0.05) is 229 Å². The molecular weight excluding hydrogens is 781 g/mol. The molecule has 0 spiro atoms. The first kappa shape index (κ1) is 60.1. The van der Waals surface area contributed by atoms with Gasteiger partial charge in [-0.25, -0.2) is 0 Å². The van der Waals surface area contributed by atoms with E-state index in [0.717, 1.165) is 103 Å². The van der Waals surface area contributed by atoms with Gasteiger partial charge in [0.2, 0.25) is 0 Å². The second-order valence-electron chi connectivity index (χ2n) is 17.7. The lowest BCUT2D eigenvalue weighted by molar-refractivity contribution is -0.167. The molecule has 63 heavy (non-hydrogen) atoms. The largest absolute Gasteiger partial charge is 0.462 e. The predicted molar refractivity (Wildman–Crippen MR) is 270 cm³/mol. The van der Waals surface area contributed by atoms with E-state index in [1.807, 2.05) is 0 Å². The molecule has 1 unspecified atom stereocenters. The summed E-state index contributed by atoms with van der Waals surface area (Å²) in [5.74, 6) is -0.893. The van der Waals surface area contributed by atoms with Crippen molar-refractivity contribution in [2.75, 3.05) is 13.2 Å². The number of hydrogen-bond acceptors (Lipinski definition) is 6. The molecule has 0 aliphatic heterocycles. The van der Waals surface area contributed by atoms with Gasteiger partial charge in [0.05, 0.1) is 0 Å². The summed E-state index contributed by atoms with van der Waals surface area (Å²) in [5.41, 5.74) is 0. The van der Waals surface area contributed by atoms with Crippen LogP contribution in [0.3, 0.4) is 0 Å². The second kappa shape index (κ2) is 51.7. The average Bonchev–Trinajstić information content (AvgIpc) is 3.28. The topological polar surface area (TPSA) is 78.9 Å². The highest BCUT2D eigenvalue weighted by molar-refractivity contribution is 5.71. The first-order chi connectivity index (χ1) is 31.0. The third-order valence-electron chi connectivity index (χ3n) is 11.5. The van der Waals surface area contributed by atoms with Gasteiger partial charge in [0.1, 0.15) is 13.2 Å². The Morgan fingerprint density at radius 1 is 0.333 bits per heavy atom. The Bertz CT molecular complexity index is 1150. The Labute approximate surface area is 390 Å². The van der Waals surface area contributed by atoms with Crippen molar-refractivity contribution in [3.63, 3.8) is 0 Å². The Balaban J connectivity index is 4.39. The number of unbranched alkanes of at least 4 members (excludes halogenated alkanes) is 27. The maximum Gasteiger partial charge on any atom is 0.306 e. The third-order valence-corrected chi connectivity index (χ3v) is 11.5. The van der Waals surface area contributed by atoms with E-state index in [-0.39, 0.29) is 31.1 Å². The standard InChI is InChI=1S/C57H100O6/c1-4-7-10-13-16-19-22-25-28-30-32-35-38-41-44-47-50-56(59)62-53-54(52-61-55(58)49-46-43-40-37-34-31-27-24-21-18-15-12-9-6-3)63-57(60)51-48-45-42-39-36-33-29-26-23-20-17-14-11-8-5-2/h7,9-10,12,16,18-19,21,25,28,54H,4-6,8,11,13-15,17,20,22-24,26-27,29-53H2,1-3H3/b10-7-,12-9-,19-16-,21-18-,28-25-. The lowest BCUT2D eigenvalue weighted by Gasteiger charge is -2.18. The summed E-state index contributed by atoms with van der Waals surface area (Å²) in [5, 5.41) is 0. The quantitative estimate of drug-likeness (QED) is 0.0262. The molecule has 0 saturated carbocycles. The Kier molecular flexibility index (Phi) is 49.4. The summed E-state index contributed by atoms with van der Waals surface area (Å²) in [6, 6.07) is 0. The van der Waals surface area contributed by atoms with Crippen molar-refractivity contribution in [3.05, 3.63) is 60.8 Å². The van der Waals surface area contributed by atoms with Gasteiger partial charge >= 0.3 is 17.9 Å². The van der Waals surface area contributed by atoms with Gasteiger partial charge in [0, 0.05) is 19.3 Å². The SMILES string of the molecule is CC/C=C\C/C=C\C/C=C\CCCCCCCCC(=O)OCC(COC(=O)CCCCCCCCC/C=C\C/C=C\CC)OC(=O)CCCCCCCCCCCCCCCCC. The molecule has 0 amide bonds. The summed E-state index contributed by atoms with van der Waals surface area (Å²) in [6.07, 6.45) is 63.4. The molecule has 0 saturated heterocycles. The van der Waals surface area contributed by atoms with Gasteiger partial charge < -0.3 is 14.2 Å². The van der Waals surface area contributed by atoms with Crippen LogP contribution in [-0.2, 0) is 28.6 Å². The van der Waals surface area contributed by atoms with Gasteiger partial charge in [0.15, 0.2) is 6.10 Å². The maximum atomic E-state index is 12.8. The van der Waals surface area contributed by atoms with E-state index in [1.165, 1.54) is 122 Å². The summed E-state index contributed by atoms with van der Waals surface area (Å²) >= 11 is 0. The number of carbonyl (C=O) groups excluding carboxylic acids is 3. The monoisotopic (exact) mass is 881 g/mol. The Morgan fingerprint density at radius 3 is 0.968 bits per heavy atom. The first-order valence-electron chi connectivity index (χ1n) is 26.8. The summed E-state index contributed by atoms with van der Waals surface area (Å²) in [4.78, 5) is 38.0. The summed E-state index contributed by atoms with van der Waals surface area (Å²) in [6.45, 7) is 6.42. The van der Waals surface area contributed by atoms with E-state index in [0.29, 0.717) is 19.3 Å². The number of esters is 3. The number of allylic oxidation sites excluding steroid dienone is 10. The van der Waals surface area contributed by atoms with Crippen molar-refractivity contribution < 1.29 is 28.6 Å². The third kappa shape index (κ3) is 50.0.